The molecule has 7 heteroatoms. The largest absolute Gasteiger partial charge is 0.333 e. The molecule has 0 spiro atoms. The van der Waals surface area contributed by atoms with Crippen LogP contribution in [0.1, 0.15) is 37.8 Å². The van der Waals surface area contributed by atoms with Crippen molar-refractivity contribution in [2.24, 2.45) is 17.8 Å². The Morgan fingerprint density at radius 3 is 2.83 bits per heavy atom. The van der Waals surface area contributed by atoms with Gasteiger partial charge in [-0.25, -0.2) is 8.42 Å². The van der Waals surface area contributed by atoms with E-state index in [9.17, 15) is 13.2 Å². The first-order valence-corrected chi connectivity index (χ1v) is 10.3. The molecular formula is C16H23N3O3S. The highest BCUT2D eigenvalue weighted by Gasteiger charge is 2.53. The third-order valence-electron chi connectivity index (χ3n) is 5.46. The van der Waals surface area contributed by atoms with Crippen LogP contribution in [0.25, 0.3) is 0 Å². The van der Waals surface area contributed by atoms with Crippen molar-refractivity contribution in [1.29, 1.82) is 0 Å². The van der Waals surface area contributed by atoms with Crippen molar-refractivity contribution in [1.82, 2.24) is 14.7 Å². The predicted octanol–water partition coefficient (Wildman–Crippen LogP) is 1.25. The topological polar surface area (TPSA) is 72.3 Å². The van der Waals surface area contributed by atoms with Gasteiger partial charge >= 0.3 is 0 Å². The third kappa shape index (κ3) is 2.91. The van der Waals surface area contributed by atoms with E-state index < -0.39 is 9.84 Å². The number of carbonyl (C=O) groups is 1. The highest BCUT2D eigenvalue weighted by Crippen LogP contribution is 2.55. The summed E-state index contributed by atoms with van der Waals surface area (Å²) in [6.07, 6.45) is 7.09. The number of sulfone groups is 1. The Morgan fingerprint density at radius 1 is 1.39 bits per heavy atom. The number of rotatable bonds is 4. The van der Waals surface area contributed by atoms with Crippen LogP contribution in [0.15, 0.2) is 12.4 Å². The number of carbonyl (C=O) groups excluding carboxylic acids is 1. The van der Waals surface area contributed by atoms with E-state index in [2.05, 4.69) is 5.10 Å². The lowest BCUT2D eigenvalue weighted by atomic mass is 10.1. The third-order valence-corrected chi connectivity index (χ3v) is 7.09. The molecule has 126 valence electrons. The van der Waals surface area contributed by atoms with Crippen molar-refractivity contribution < 1.29 is 13.2 Å². The van der Waals surface area contributed by atoms with Gasteiger partial charge < -0.3 is 4.90 Å². The summed E-state index contributed by atoms with van der Waals surface area (Å²) in [6.45, 7) is 3.04. The van der Waals surface area contributed by atoms with E-state index in [1.54, 1.807) is 10.9 Å². The van der Waals surface area contributed by atoms with Crippen LogP contribution in [-0.4, -0.2) is 47.1 Å². The van der Waals surface area contributed by atoms with Gasteiger partial charge in [0.05, 0.1) is 23.7 Å². The van der Waals surface area contributed by atoms with Crippen LogP contribution in [0, 0.1) is 17.8 Å². The molecule has 2 saturated carbocycles. The molecule has 23 heavy (non-hydrogen) atoms. The molecule has 0 N–H and O–H groups in total. The highest BCUT2D eigenvalue weighted by molar-refractivity contribution is 7.91. The van der Waals surface area contributed by atoms with Crippen LogP contribution in [-0.2, 0) is 21.2 Å². The number of nitrogens with zero attached hydrogens (tertiary/aromatic N) is 3. The monoisotopic (exact) mass is 337 g/mol. The van der Waals surface area contributed by atoms with Crippen LogP contribution in [0.5, 0.6) is 0 Å². The van der Waals surface area contributed by atoms with Gasteiger partial charge in [-0.2, -0.15) is 5.10 Å². The smallest absolute Gasteiger partial charge is 0.226 e. The fraction of sp³-hybridized carbons (Fsp3) is 0.750. The molecule has 4 rings (SSSR count). The van der Waals surface area contributed by atoms with Gasteiger partial charge in [-0.1, -0.05) is 0 Å². The average Bonchev–Trinajstić information content (AvgIpc) is 3.41. The first-order valence-electron chi connectivity index (χ1n) is 8.52. The van der Waals surface area contributed by atoms with Crippen LogP contribution in [0.3, 0.4) is 0 Å². The number of amides is 1. The van der Waals surface area contributed by atoms with Gasteiger partial charge in [0.2, 0.25) is 5.91 Å². The van der Waals surface area contributed by atoms with Crippen molar-refractivity contribution in [3.63, 3.8) is 0 Å². The summed E-state index contributed by atoms with van der Waals surface area (Å²) in [5, 5.41) is 4.25. The second-order valence-corrected chi connectivity index (χ2v) is 9.36. The Bertz CT molecular complexity index is 723. The molecule has 1 saturated heterocycles. The molecular weight excluding hydrogens is 314 g/mol. The van der Waals surface area contributed by atoms with Crippen molar-refractivity contribution in [3.8, 4) is 0 Å². The minimum Gasteiger partial charge on any atom is -0.333 e. The molecule has 3 unspecified atom stereocenters. The first kappa shape index (κ1) is 15.2. The average molecular weight is 337 g/mol. The van der Waals surface area contributed by atoms with Crippen molar-refractivity contribution in [3.05, 3.63) is 18.0 Å². The second-order valence-electron chi connectivity index (χ2n) is 7.13. The zero-order valence-corrected chi connectivity index (χ0v) is 14.2. The van der Waals surface area contributed by atoms with E-state index in [0.29, 0.717) is 12.5 Å². The summed E-state index contributed by atoms with van der Waals surface area (Å²) in [5.74, 6) is 1.70. The lowest BCUT2D eigenvalue weighted by Gasteiger charge is -2.35. The maximum atomic E-state index is 12.9. The Balaban J connectivity index is 1.56. The fourth-order valence-corrected chi connectivity index (χ4v) is 5.32. The molecule has 0 radical (unpaired) electrons. The van der Waals surface area contributed by atoms with Gasteiger partial charge in [-0.15, -0.1) is 0 Å². The maximum Gasteiger partial charge on any atom is 0.226 e. The predicted molar refractivity (Wildman–Crippen MR) is 85.3 cm³/mol. The minimum atomic E-state index is -3.10. The molecule has 2 heterocycles. The van der Waals surface area contributed by atoms with Crippen molar-refractivity contribution in [2.45, 2.75) is 38.8 Å². The summed E-state index contributed by atoms with van der Waals surface area (Å²) in [4.78, 5) is 14.7. The fourth-order valence-electron chi connectivity index (χ4n) is 3.83. The van der Waals surface area contributed by atoms with Crippen LogP contribution in [0.2, 0.25) is 0 Å². The Morgan fingerprint density at radius 2 is 2.17 bits per heavy atom. The zero-order chi connectivity index (χ0) is 16.2. The molecule has 1 aromatic heterocycles. The molecule has 0 aromatic carbocycles. The van der Waals surface area contributed by atoms with Crippen LogP contribution in [0.4, 0.5) is 0 Å². The molecule has 1 aromatic rings. The standard InChI is InChI=1S/C16H23N3O3S/c1-2-18-9-12(8-17-18)15-10-23(21,22)6-5-19(15)16(20)14-7-13(14)11-3-4-11/h8-9,11,13-15H,2-7,10H2,1H3. The quantitative estimate of drug-likeness (QED) is 0.829. The summed E-state index contributed by atoms with van der Waals surface area (Å²) < 4.78 is 25.9. The van der Waals surface area contributed by atoms with E-state index in [-0.39, 0.29) is 29.4 Å². The van der Waals surface area contributed by atoms with Gasteiger partial charge in [-0.3, -0.25) is 9.48 Å². The van der Waals surface area contributed by atoms with Gasteiger partial charge in [0.25, 0.3) is 0 Å². The SMILES string of the molecule is CCn1cc(C2CS(=O)(=O)CCN2C(=O)C2CC2C2CC2)cn1. The lowest BCUT2D eigenvalue weighted by molar-refractivity contribution is -0.135. The summed E-state index contributed by atoms with van der Waals surface area (Å²) in [6, 6.07) is -0.373. The molecule has 1 aliphatic heterocycles. The van der Waals surface area contributed by atoms with Gasteiger partial charge in [0.1, 0.15) is 0 Å². The number of aromatic nitrogens is 2. The summed E-state index contributed by atoms with van der Waals surface area (Å²) in [5.41, 5.74) is 0.840. The molecule has 2 aliphatic carbocycles. The van der Waals surface area contributed by atoms with E-state index in [0.717, 1.165) is 24.4 Å². The van der Waals surface area contributed by atoms with E-state index >= 15 is 0 Å². The number of hydrogen-bond donors (Lipinski definition) is 0. The van der Waals surface area contributed by atoms with E-state index in [4.69, 9.17) is 0 Å². The lowest BCUT2D eigenvalue weighted by Crippen LogP contribution is -2.46. The van der Waals surface area contributed by atoms with E-state index in [1.165, 1.54) is 12.8 Å². The summed E-state index contributed by atoms with van der Waals surface area (Å²) in [7, 11) is -3.10. The zero-order valence-electron chi connectivity index (χ0n) is 13.4. The molecule has 3 atom stereocenters. The Kier molecular flexibility index (Phi) is 3.51. The van der Waals surface area contributed by atoms with Crippen LogP contribution < -0.4 is 0 Å². The van der Waals surface area contributed by atoms with Gasteiger partial charge in [-0.05, 0) is 38.0 Å². The number of hydrogen-bond acceptors (Lipinski definition) is 4. The minimum absolute atomic E-state index is 0.0228. The van der Waals surface area contributed by atoms with Crippen molar-refractivity contribution >= 4 is 15.7 Å². The molecule has 3 fully saturated rings. The Hall–Kier alpha value is -1.37. The second kappa shape index (κ2) is 5.33. The number of aryl methyl sites for hydroxylation is 1. The molecule has 1 amide bonds. The first-order chi connectivity index (χ1) is 11.0. The van der Waals surface area contributed by atoms with Gasteiger partial charge in [0.15, 0.2) is 9.84 Å². The molecule has 0 bridgehead atoms. The maximum absolute atomic E-state index is 12.9. The molecule has 6 nitrogen and oxygen atoms in total. The summed E-state index contributed by atoms with van der Waals surface area (Å²) >= 11 is 0. The van der Waals surface area contributed by atoms with Crippen molar-refractivity contribution in [2.75, 3.05) is 18.1 Å². The molecule has 3 aliphatic rings. The highest BCUT2D eigenvalue weighted by atomic mass is 32.2. The van der Waals surface area contributed by atoms with Crippen LogP contribution >= 0.6 is 0 Å². The normalized spacial score (nSPS) is 32.7. The van der Waals surface area contributed by atoms with E-state index in [1.807, 2.05) is 18.0 Å². The Labute approximate surface area is 136 Å². The van der Waals surface area contributed by atoms with Gasteiger partial charge in [0, 0.05) is 30.8 Å².